The van der Waals surface area contributed by atoms with Gasteiger partial charge in [-0.15, -0.1) is 10.2 Å². The van der Waals surface area contributed by atoms with Crippen LogP contribution in [0.4, 0.5) is 21.5 Å². The molecule has 0 unspecified atom stereocenters. The number of benzene rings is 3. The number of anilines is 2. The minimum Gasteiger partial charge on any atom is -0.366 e. The van der Waals surface area contributed by atoms with Crippen molar-refractivity contribution >= 4 is 34.0 Å². The van der Waals surface area contributed by atoms with Gasteiger partial charge in [0.05, 0.1) is 10.6 Å². The van der Waals surface area contributed by atoms with Gasteiger partial charge in [-0.3, -0.25) is 14.9 Å². The molecule has 0 aliphatic carbocycles. The van der Waals surface area contributed by atoms with Crippen LogP contribution in [0.5, 0.6) is 0 Å². The van der Waals surface area contributed by atoms with Gasteiger partial charge in [0, 0.05) is 30.4 Å². The Hall–Kier alpha value is -4.34. The van der Waals surface area contributed by atoms with E-state index in [-0.39, 0.29) is 17.1 Å². The number of carbonyl (C=O) groups excluding carboxylic acids is 1. The van der Waals surface area contributed by atoms with E-state index in [9.17, 15) is 19.3 Å². The molecule has 0 saturated carbocycles. The van der Waals surface area contributed by atoms with Gasteiger partial charge in [-0.05, 0) is 73.9 Å². The maximum Gasteiger partial charge on any atom is 0.293 e. The lowest BCUT2D eigenvalue weighted by atomic mass is 10.1. The molecule has 0 radical (unpaired) electrons. The largest absolute Gasteiger partial charge is 0.366 e. The summed E-state index contributed by atoms with van der Waals surface area (Å²) in [5.74, 6) is -0.812. The monoisotopic (exact) mass is 460 g/mol. The Bertz CT molecular complexity index is 1380. The number of halogens is 1. The van der Waals surface area contributed by atoms with Gasteiger partial charge < -0.3 is 10.2 Å². The molecule has 5 rings (SSSR count). The number of nitrogens with zero attached hydrogens (tertiary/aromatic N) is 5. The molecule has 3 aromatic carbocycles. The highest BCUT2D eigenvalue weighted by molar-refractivity contribution is 6.05. The normalized spacial score (nSPS) is 13.7. The molecule has 1 saturated heterocycles. The number of fused-ring (bicyclic) bond motifs is 1. The average Bonchev–Trinajstić information content (AvgIpc) is 3.28. The van der Waals surface area contributed by atoms with Crippen LogP contribution in [0.1, 0.15) is 29.6 Å². The molecule has 34 heavy (non-hydrogen) atoms. The van der Waals surface area contributed by atoms with E-state index in [0.717, 1.165) is 32.4 Å². The van der Waals surface area contributed by atoms with E-state index < -0.39 is 10.8 Å². The van der Waals surface area contributed by atoms with Gasteiger partial charge in [-0.2, -0.15) is 4.80 Å². The molecular formula is C24H21FN6O3. The van der Waals surface area contributed by atoms with Gasteiger partial charge in [-0.1, -0.05) is 0 Å². The molecule has 4 aromatic rings. The molecule has 1 aromatic heterocycles. The highest BCUT2D eigenvalue weighted by atomic mass is 19.1. The van der Waals surface area contributed by atoms with Crippen LogP contribution in [0, 0.1) is 15.9 Å². The second-order valence-electron chi connectivity index (χ2n) is 8.13. The number of nitro groups is 1. The van der Waals surface area contributed by atoms with Crippen molar-refractivity contribution in [2.24, 2.45) is 0 Å². The first-order valence-corrected chi connectivity index (χ1v) is 11.0. The zero-order valence-electron chi connectivity index (χ0n) is 18.1. The average molecular weight is 460 g/mol. The summed E-state index contributed by atoms with van der Waals surface area (Å²) in [6.07, 6.45) is 3.11. The SMILES string of the molecule is O=C(Nc1ccc2nn(-c3ccc(F)cc3)nc2c1)c1ccc(N2CCCCC2)c([N+](=O)[O-])c1. The van der Waals surface area contributed by atoms with E-state index in [1.165, 1.54) is 23.0 Å². The Morgan fingerprint density at radius 1 is 0.941 bits per heavy atom. The summed E-state index contributed by atoms with van der Waals surface area (Å²) in [4.78, 5) is 27.5. The number of amides is 1. The molecule has 1 fully saturated rings. The fraction of sp³-hybridized carbons (Fsp3) is 0.208. The van der Waals surface area contributed by atoms with E-state index in [4.69, 9.17) is 0 Å². The number of hydrogen-bond acceptors (Lipinski definition) is 6. The first kappa shape index (κ1) is 21.5. The van der Waals surface area contributed by atoms with Crippen LogP contribution in [0.15, 0.2) is 60.7 Å². The van der Waals surface area contributed by atoms with Crippen LogP contribution >= 0.6 is 0 Å². The van der Waals surface area contributed by atoms with Crippen molar-refractivity contribution in [1.82, 2.24) is 15.0 Å². The number of nitrogens with one attached hydrogen (secondary N) is 1. The zero-order chi connectivity index (χ0) is 23.7. The smallest absolute Gasteiger partial charge is 0.293 e. The van der Waals surface area contributed by atoms with E-state index in [2.05, 4.69) is 15.5 Å². The molecule has 2 heterocycles. The van der Waals surface area contributed by atoms with Crippen molar-refractivity contribution in [2.75, 3.05) is 23.3 Å². The molecule has 1 aliphatic heterocycles. The zero-order valence-corrected chi connectivity index (χ0v) is 18.1. The lowest BCUT2D eigenvalue weighted by Crippen LogP contribution is -2.30. The predicted molar refractivity (Wildman–Crippen MR) is 126 cm³/mol. The second kappa shape index (κ2) is 8.89. The first-order valence-electron chi connectivity index (χ1n) is 11.0. The van der Waals surface area contributed by atoms with Gasteiger partial charge >= 0.3 is 0 Å². The number of piperidine rings is 1. The number of aromatic nitrogens is 3. The van der Waals surface area contributed by atoms with Crippen LogP contribution in [0.25, 0.3) is 16.7 Å². The number of nitro benzene ring substituents is 1. The van der Waals surface area contributed by atoms with Gasteiger partial charge in [0.2, 0.25) is 0 Å². The maximum atomic E-state index is 13.2. The Labute approximate surface area is 193 Å². The standard InChI is InChI=1S/C24H21FN6O3/c25-17-5-8-19(9-6-17)30-27-20-10-7-18(15-21(20)28-30)26-24(32)16-4-11-22(23(14-16)31(33)34)29-12-2-1-3-13-29/h4-11,14-15H,1-3,12-13H2,(H,26,32). The van der Waals surface area contributed by atoms with Crippen LogP contribution in [0.3, 0.4) is 0 Å². The van der Waals surface area contributed by atoms with Gasteiger partial charge in [0.1, 0.15) is 22.5 Å². The minimum atomic E-state index is -0.460. The summed E-state index contributed by atoms with van der Waals surface area (Å²) in [5.41, 5.74) is 2.88. The van der Waals surface area contributed by atoms with Crippen molar-refractivity contribution in [1.29, 1.82) is 0 Å². The van der Waals surface area contributed by atoms with E-state index >= 15 is 0 Å². The minimum absolute atomic E-state index is 0.0766. The van der Waals surface area contributed by atoms with E-state index in [1.54, 1.807) is 42.5 Å². The van der Waals surface area contributed by atoms with Gasteiger partial charge in [0.15, 0.2) is 0 Å². The molecule has 172 valence electrons. The van der Waals surface area contributed by atoms with Crippen LogP contribution in [0.2, 0.25) is 0 Å². The Morgan fingerprint density at radius 2 is 1.68 bits per heavy atom. The highest BCUT2D eigenvalue weighted by Crippen LogP contribution is 2.31. The third-order valence-corrected chi connectivity index (χ3v) is 5.83. The molecule has 0 spiro atoms. The summed E-state index contributed by atoms with van der Waals surface area (Å²) < 4.78 is 13.2. The van der Waals surface area contributed by atoms with Crippen LogP contribution in [-0.4, -0.2) is 38.9 Å². The quantitative estimate of drug-likeness (QED) is 0.342. The molecule has 9 nitrogen and oxygen atoms in total. The molecule has 1 aliphatic rings. The highest BCUT2D eigenvalue weighted by Gasteiger charge is 2.23. The molecule has 0 bridgehead atoms. The van der Waals surface area contributed by atoms with Crippen LogP contribution in [-0.2, 0) is 0 Å². The third kappa shape index (κ3) is 4.29. The predicted octanol–water partition coefficient (Wildman–Crippen LogP) is 4.71. The van der Waals surface area contributed by atoms with E-state index in [1.807, 2.05) is 4.90 Å². The number of hydrogen-bond donors (Lipinski definition) is 1. The summed E-state index contributed by atoms with van der Waals surface area (Å²) in [6, 6.07) is 15.4. The third-order valence-electron chi connectivity index (χ3n) is 5.83. The summed E-state index contributed by atoms with van der Waals surface area (Å²) in [7, 11) is 0. The lowest BCUT2D eigenvalue weighted by Gasteiger charge is -2.28. The summed E-state index contributed by atoms with van der Waals surface area (Å²) in [5, 5.41) is 23.2. The molecule has 0 atom stereocenters. The number of carbonyl (C=O) groups is 1. The van der Waals surface area contributed by atoms with Crippen molar-refractivity contribution in [3.05, 3.63) is 82.2 Å². The van der Waals surface area contributed by atoms with Crippen LogP contribution < -0.4 is 10.2 Å². The van der Waals surface area contributed by atoms with Crippen molar-refractivity contribution in [3.63, 3.8) is 0 Å². The molecule has 10 heteroatoms. The summed E-state index contributed by atoms with van der Waals surface area (Å²) in [6.45, 7) is 1.54. The second-order valence-corrected chi connectivity index (χ2v) is 8.13. The van der Waals surface area contributed by atoms with Crippen molar-refractivity contribution < 1.29 is 14.1 Å². The van der Waals surface area contributed by atoms with Crippen molar-refractivity contribution in [3.8, 4) is 5.69 Å². The Balaban J connectivity index is 1.38. The lowest BCUT2D eigenvalue weighted by molar-refractivity contribution is -0.384. The summed E-state index contributed by atoms with van der Waals surface area (Å²) >= 11 is 0. The Kier molecular flexibility index (Phi) is 5.62. The Morgan fingerprint density at radius 3 is 2.41 bits per heavy atom. The molecular weight excluding hydrogens is 439 g/mol. The van der Waals surface area contributed by atoms with Crippen molar-refractivity contribution in [2.45, 2.75) is 19.3 Å². The van der Waals surface area contributed by atoms with Gasteiger partial charge in [0.25, 0.3) is 11.6 Å². The topological polar surface area (TPSA) is 106 Å². The fourth-order valence-electron chi connectivity index (χ4n) is 4.10. The first-order chi connectivity index (χ1) is 16.5. The molecule has 1 N–H and O–H groups in total. The maximum absolute atomic E-state index is 13.2. The fourth-order valence-corrected chi connectivity index (χ4v) is 4.10. The van der Waals surface area contributed by atoms with Gasteiger partial charge in [-0.25, -0.2) is 4.39 Å². The molecule has 1 amide bonds. The van der Waals surface area contributed by atoms with E-state index in [0.29, 0.717) is 28.1 Å². The number of rotatable bonds is 5.